The molecule has 0 aliphatic heterocycles. The summed E-state index contributed by atoms with van der Waals surface area (Å²) in [5, 5.41) is 0. The second-order valence-corrected chi connectivity index (χ2v) is 7.67. The van der Waals surface area contributed by atoms with E-state index in [4.69, 9.17) is 5.73 Å². The highest BCUT2D eigenvalue weighted by Crippen LogP contribution is 2.41. The Bertz CT molecular complexity index is 420. The van der Waals surface area contributed by atoms with Gasteiger partial charge in [0.25, 0.3) is 0 Å². The van der Waals surface area contributed by atoms with E-state index in [2.05, 4.69) is 52.0 Å². The molecule has 1 nitrogen and oxygen atoms in total. The lowest BCUT2D eigenvalue weighted by molar-refractivity contribution is 0.134. The van der Waals surface area contributed by atoms with Crippen molar-refractivity contribution >= 4 is 0 Å². The molecule has 0 bridgehead atoms. The Labute approximate surface area is 118 Å². The van der Waals surface area contributed by atoms with Crippen LogP contribution in [0.5, 0.6) is 0 Å². The van der Waals surface area contributed by atoms with Crippen LogP contribution in [0.15, 0.2) is 24.3 Å². The number of hydrogen-bond acceptors (Lipinski definition) is 1. The summed E-state index contributed by atoms with van der Waals surface area (Å²) < 4.78 is 0. The van der Waals surface area contributed by atoms with E-state index in [1.165, 1.54) is 36.8 Å². The van der Waals surface area contributed by atoms with Crippen molar-refractivity contribution in [1.82, 2.24) is 0 Å². The van der Waals surface area contributed by atoms with Gasteiger partial charge in [-0.15, -0.1) is 0 Å². The third kappa shape index (κ3) is 3.82. The van der Waals surface area contributed by atoms with E-state index >= 15 is 0 Å². The van der Waals surface area contributed by atoms with E-state index < -0.39 is 0 Å². The largest absolute Gasteiger partial charge is 0.325 e. The lowest BCUT2D eigenvalue weighted by Crippen LogP contribution is -2.46. The number of benzene rings is 1. The summed E-state index contributed by atoms with van der Waals surface area (Å²) in [5.74, 6) is 0.835. The van der Waals surface area contributed by atoms with Crippen LogP contribution in [0.4, 0.5) is 0 Å². The molecule has 1 saturated carbocycles. The van der Waals surface area contributed by atoms with Crippen LogP contribution in [0.1, 0.15) is 57.6 Å². The standard InChI is InChI=1S/C18H29N/c1-14-6-5-7-15(12-14)13-18(19)10-8-16(9-11-18)17(2,3)4/h5-7,12,16H,8-11,13,19H2,1-4H3. The van der Waals surface area contributed by atoms with Crippen molar-refractivity contribution in [2.24, 2.45) is 17.1 Å². The van der Waals surface area contributed by atoms with Crippen molar-refractivity contribution in [3.8, 4) is 0 Å². The average Bonchev–Trinajstić information content (AvgIpc) is 2.27. The zero-order valence-electron chi connectivity index (χ0n) is 13.0. The number of nitrogens with two attached hydrogens (primary N) is 1. The van der Waals surface area contributed by atoms with Crippen LogP contribution < -0.4 is 5.73 Å². The summed E-state index contributed by atoms with van der Waals surface area (Å²) in [7, 11) is 0. The van der Waals surface area contributed by atoms with Crippen molar-refractivity contribution in [3.63, 3.8) is 0 Å². The second kappa shape index (κ2) is 5.28. The molecule has 2 rings (SSSR count). The molecule has 0 aromatic heterocycles. The molecule has 2 N–H and O–H groups in total. The molecule has 0 saturated heterocycles. The monoisotopic (exact) mass is 259 g/mol. The molecule has 0 amide bonds. The SMILES string of the molecule is Cc1cccc(CC2(N)CCC(C(C)(C)C)CC2)c1. The Kier molecular flexibility index (Phi) is 4.06. The van der Waals surface area contributed by atoms with E-state index in [9.17, 15) is 0 Å². The average molecular weight is 259 g/mol. The third-order valence-corrected chi connectivity index (χ3v) is 4.84. The predicted octanol–water partition coefficient (Wildman–Crippen LogP) is 4.47. The second-order valence-electron chi connectivity index (χ2n) is 7.67. The van der Waals surface area contributed by atoms with Crippen LogP contribution in [0.2, 0.25) is 0 Å². The third-order valence-electron chi connectivity index (χ3n) is 4.84. The minimum atomic E-state index is 0.0234. The van der Waals surface area contributed by atoms with Crippen LogP contribution in [-0.4, -0.2) is 5.54 Å². The number of rotatable bonds is 2. The van der Waals surface area contributed by atoms with Crippen LogP contribution in [-0.2, 0) is 6.42 Å². The molecular weight excluding hydrogens is 230 g/mol. The summed E-state index contributed by atoms with van der Waals surface area (Å²) in [6.07, 6.45) is 5.94. The van der Waals surface area contributed by atoms with Gasteiger partial charge in [0.05, 0.1) is 0 Å². The Balaban J connectivity index is 1.99. The zero-order chi connectivity index (χ0) is 14.1. The van der Waals surface area contributed by atoms with Gasteiger partial charge >= 0.3 is 0 Å². The first-order valence-electron chi connectivity index (χ1n) is 7.63. The van der Waals surface area contributed by atoms with Gasteiger partial charge in [0.1, 0.15) is 0 Å². The maximum Gasteiger partial charge on any atom is 0.0195 e. The minimum absolute atomic E-state index is 0.0234. The van der Waals surface area contributed by atoms with Crippen LogP contribution >= 0.6 is 0 Å². The Morgan fingerprint density at radius 2 is 1.84 bits per heavy atom. The van der Waals surface area contributed by atoms with Gasteiger partial charge in [0, 0.05) is 5.54 Å². The summed E-state index contributed by atoms with van der Waals surface area (Å²) in [6.45, 7) is 9.24. The van der Waals surface area contributed by atoms with Crippen molar-refractivity contribution in [1.29, 1.82) is 0 Å². The fraction of sp³-hybridized carbons (Fsp3) is 0.667. The Morgan fingerprint density at radius 3 is 2.37 bits per heavy atom. The highest BCUT2D eigenvalue weighted by Gasteiger charge is 2.36. The van der Waals surface area contributed by atoms with Gasteiger partial charge in [0.15, 0.2) is 0 Å². The highest BCUT2D eigenvalue weighted by molar-refractivity contribution is 5.24. The van der Waals surface area contributed by atoms with Crippen molar-refractivity contribution in [2.45, 2.75) is 65.3 Å². The van der Waals surface area contributed by atoms with Gasteiger partial charge < -0.3 is 5.73 Å². The topological polar surface area (TPSA) is 26.0 Å². The molecule has 1 aromatic carbocycles. The Morgan fingerprint density at radius 1 is 1.21 bits per heavy atom. The highest BCUT2D eigenvalue weighted by atomic mass is 14.7. The van der Waals surface area contributed by atoms with Crippen LogP contribution in [0, 0.1) is 18.3 Å². The maximum atomic E-state index is 6.65. The fourth-order valence-corrected chi connectivity index (χ4v) is 3.46. The molecule has 1 fully saturated rings. The summed E-state index contributed by atoms with van der Waals surface area (Å²) >= 11 is 0. The molecule has 106 valence electrons. The normalized spacial score (nSPS) is 28.4. The molecule has 0 radical (unpaired) electrons. The maximum absolute atomic E-state index is 6.65. The summed E-state index contributed by atoms with van der Waals surface area (Å²) in [6, 6.07) is 8.81. The van der Waals surface area contributed by atoms with Gasteiger partial charge in [-0.2, -0.15) is 0 Å². The van der Waals surface area contributed by atoms with E-state index in [1.54, 1.807) is 0 Å². The van der Waals surface area contributed by atoms with Crippen molar-refractivity contribution in [2.75, 3.05) is 0 Å². The van der Waals surface area contributed by atoms with Crippen molar-refractivity contribution in [3.05, 3.63) is 35.4 Å². The molecule has 0 unspecified atom stereocenters. The first-order valence-corrected chi connectivity index (χ1v) is 7.63. The molecule has 1 heteroatoms. The molecule has 1 aliphatic carbocycles. The molecule has 19 heavy (non-hydrogen) atoms. The van der Waals surface area contributed by atoms with Gasteiger partial charge in [0.2, 0.25) is 0 Å². The van der Waals surface area contributed by atoms with Gasteiger partial charge in [-0.05, 0) is 55.9 Å². The minimum Gasteiger partial charge on any atom is -0.325 e. The van der Waals surface area contributed by atoms with Crippen LogP contribution in [0.3, 0.4) is 0 Å². The van der Waals surface area contributed by atoms with Crippen molar-refractivity contribution < 1.29 is 0 Å². The quantitative estimate of drug-likeness (QED) is 0.833. The molecule has 1 aromatic rings. The van der Waals surface area contributed by atoms with Gasteiger partial charge in [-0.1, -0.05) is 50.6 Å². The van der Waals surface area contributed by atoms with E-state index in [0.717, 1.165) is 12.3 Å². The summed E-state index contributed by atoms with van der Waals surface area (Å²) in [4.78, 5) is 0. The first-order chi connectivity index (χ1) is 8.78. The lowest BCUT2D eigenvalue weighted by atomic mass is 9.66. The molecule has 1 aliphatic rings. The predicted molar refractivity (Wildman–Crippen MR) is 83.2 cm³/mol. The van der Waals surface area contributed by atoms with E-state index in [0.29, 0.717) is 5.41 Å². The Hall–Kier alpha value is -0.820. The van der Waals surface area contributed by atoms with Crippen LogP contribution in [0.25, 0.3) is 0 Å². The first kappa shape index (κ1) is 14.6. The zero-order valence-corrected chi connectivity index (χ0v) is 13.0. The van der Waals surface area contributed by atoms with Gasteiger partial charge in [-0.3, -0.25) is 0 Å². The fourth-order valence-electron chi connectivity index (χ4n) is 3.46. The molecular formula is C18H29N. The lowest BCUT2D eigenvalue weighted by Gasteiger charge is -2.42. The number of aryl methyl sites for hydroxylation is 1. The molecule has 0 spiro atoms. The molecule has 0 atom stereocenters. The molecule has 0 heterocycles. The van der Waals surface area contributed by atoms with Gasteiger partial charge in [-0.25, -0.2) is 0 Å². The van der Waals surface area contributed by atoms with E-state index in [1.807, 2.05) is 0 Å². The summed E-state index contributed by atoms with van der Waals surface area (Å²) in [5.41, 5.74) is 9.84. The number of hydrogen-bond donors (Lipinski definition) is 1. The van der Waals surface area contributed by atoms with E-state index in [-0.39, 0.29) is 5.54 Å². The smallest absolute Gasteiger partial charge is 0.0195 e.